The van der Waals surface area contributed by atoms with Crippen molar-refractivity contribution in [3.05, 3.63) is 0 Å². The fraction of sp³-hybridized carbons (Fsp3) is 0.938. The summed E-state index contributed by atoms with van der Waals surface area (Å²) < 4.78 is 5.64. The molecule has 0 atom stereocenters. The van der Waals surface area contributed by atoms with Gasteiger partial charge < -0.3 is 15.4 Å². The first kappa shape index (κ1) is 15.8. The van der Waals surface area contributed by atoms with Crippen LogP contribution in [0.3, 0.4) is 0 Å². The molecule has 1 heterocycles. The van der Waals surface area contributed by atoms with Crippen LogP contribution in [0.1, 0.15) is 51.9 Å². The standard InChI is InChI=1S/C16H30N2O2/c1-2-20-15-7-9-18(10-8-15)16(19)11-13-3-5-14(12-17)6-4-13/h13-15H,2-12,17H2,1H3. The average molecular weight is 282 g/mol. The van der Waals surface area contributed by atoms with Crippen molar-refractivity contribution in [2.45, 2.75) is 58.0 Å². The Labute approximate surface area is 123 Å². The monoisotopic (exact) mass is 282 g/mol. The summed E-state index contributed by atoms with van der Waals surface area (Å²) in [5, 5.41) is 0. The molecule has 1 aliphatic heterocycles. The van der Waals surface area contributed by atoms with Gasteiger partial charge in [-0.15, -0.1) is 0 Å². The van der Waals surface area contributed by atoms with Crippen molar-refractivity contribution in [1.29, 1.82) is 0 Å². The molecule has 2 N–H and O–H groups in total. The normalized spacial score (nSPS) is 28.6. The second-order valence-electron chi connectivity index (χ2n) is 6.36. The fourth-order valence-electron chi connectivity index (χ4n) is 3.55. The maximum atomic E-state index is 12.3. The number of carbonyl (C=O) groups is 1. The number of amides is 1. The average Bonchev–Trinajstić information content (AvgIpc) is 2.49. The molecule has 2 rings (SSSR count). The smallest absolute Gasteiger partial charge is 0.222 e. The number of piperidine rings is 1. The van der Waals surface area contributed by atoms with Crippen molar-refractivity contribution in [1.82, 2.24) is 4.90 Å². The van der Waals surface area contributed by atoms with E-state index in [1.807, 2.05) is 11.8 Å². The first-order valence-electron chi connectivity index (χ1n) is 8.32. The molecule has 0 aromatic rings. The van der Waals surface area contributed by atoms with Crippen molar-refractivity contribution in [3.8, 4) is 0 Å². The summed E-state index contributed by atoms with van der Waals surface area (Å²) in [6.45, 7) is 5.38. The van der Waals surface area contributed by atoms with Gasteiger partial charge in [0.25, 0.3) is 0 Å². The molecule has 2 fully saturated rings. The van der Waals surface area contributed by atoms with Gasteiger partial charge in [-0.1, -0.05) is 0 Å². The van der Waals surface area contributed by atoms with Crippen molar-refractivity contribution in [2.75, 3.05) is 26.2 Å². The Balaban J connectivity index is 1.68. The summed E-state index contributed by atoms with van der Waals surface area (Å²) >= 11 is 0. The first-order valence-corrected chi connectivity index (χ1v) is 8.32. The number of rotatable bonds is 5. The van der Waals surface area contributed by atoms with Crippen LogP contribution in [0.5, 0.6) is 0 Å². The van der Waals surface area contributed by atoms with Crippen LogP contribution < -0.4 is 5.73 Å². The quantitative estimate of drug-likeness (QED) is 0.841. The Morgan fingerprint density at radius 3 is 2.25 bits per heavy atom. The fourth-order valence-corrected chi connectivity index (χ4v) is 3.55. The van der Waals surface area contributed by atoms with Crippen LogP contribution in [-0.4, -0.2) is 43.2 Å². The molecule has 0 aromatic heterocycles. The third-order valence-electron chi connectivity index (χ3n) is 4.96. The van der Waals surface area contributed by atoms with E-state index in [1.54, 1.807) is 0 Å². The van der Waals surface area contributed by atoms with Crippen molar-refractivity contribution in [2.24, 2.45) is 17.6 Å². The van der Waals surface area contributed by atoms with Gasteiger partial charge in [0.15, 0.2) is 0 Å². The van der Waals surface area contributed by atoms with E-state index in [4.69, 9.17) is 10.5 Å². The maximum Gasteiger partial charge on any atom is 0.222 e. The van der Waals surface area contributed by atoms with Crippen LogP contribution in [-0.2, 0) is 9.53 Å². The molecule has 4 heteroatoms. The lowest BCUT2D eigenvalue weighted by molar-refractivity contribution is -0.135. The van der Waals surface area contributed by atoms with E-state index < -0.39 is 0 Å². The highest BCUT2D eigenvalue weighted by Crippen LogP contribution is 2.31. The van der Waals surface area contributed by atoms with Gasteiger partial charge in [-0.05, 0) is 63.8 Å². The van der Waals surface area contributed by atoms with E-state index in [0.29, 0.717) is 23.8 Å². The molecule has 0 bridgehead atoms. The predicted octanol–water partition coefficient (Wildman–Crippen LogP) is 2.17. The number of nitrogens with two attached hydrogens (primary N) is 1. The van der Waals surface area contributed by atoms with Crippen molar-refractivity contribution < 1.29 is 9.53 Å². The highest BCUT2D eigenvalue weighted by Gasteiger charge is 2.27. The summed E-state index contributed by atoms with van der Waals surface area (Å²) in [6, 6.07) is 0. The molecule has 0 spiro atoms. The number of ether oxygens (including phenoxy) is 1. The van der Waals surface area contributed by atoms with E-state index in [9.17, 15) is 4.79 Å². The van der Waals surface area contributed by atoms with E-state index in [0.717, 1.165) is 45.5 Å². The van der Waals surface area contributed by atoms with Crippen LogP contribution in [0.25, 0.3) is 0 Å². The van der Waals surface area contributed by atoms with Crippen LogP contribution in [0.15, 0.2) is 0 Å². The maximum absolute atomic E-state index is 12.3. The van der Waals surface area contributed by atoms with Gasteiger partial charge in [-0.25, -0.2) is 0 Å². The summed E-state index contributed by atoms with van der Waals surface area (Å²) in [5.41, 5.74) is 5.72. The zero-order chi connectivity index (χ0) is 14.4. The molecule has 2 aliphatic rings. The van der Waals surface area contributed by atoms with Gasteiger partial charge in [-0.2, -0.15) is 0 Å². The molecule has 0 aromatic carbocycles. The van der Waals surface area contributed by atoms with Gasteiger partial charge >= 0.3 is 0 Å². The van der Waals surface area contributed by atoms with E-state index >= 15 is 0 Å². The van der Waals surface area contributed by atoms with Crippen molar-refractivity contribution in [3.63, 3.8) is 0 Å². The van der Waals surface area contributed by atoms with Gasteiger partial charge in [0.05, 0.1) is 6.10 Å². The minimum absolute atomic E-state index is 0.358. The minimum atomic E-state index is 0.358. The highest BCUT2D eigenvalue weighted by atomic mass is 16.5. The Bertz CT molecular complexity index is 293. The molecule has 1 amide bonds. The summed E-state index contributed by atoms with van der Waals surface area (Å²) in [6.07, 6.45) is 7.90. The summed E-state index contributed by atoms with van der Waals surface area (Å²) in [4.78, 5) is 14.4. The Hall–Kier alpha value is -0.610. The second kappa shape index (κ2) is 7.99. The second-order valence-corrected chi connectivity index (χ2v) is 6.36. The third kappa shape index (κ3) is 4.45. The Morgan fingerprint density at radius 2 is 1.70 bits per heavy atom. The topological polar surface area (TPSA) is 55.6 Å². The largest absolute Gasteiger partial charge is 0.378 e. The number of hydrogen-bond acceptors (Lipinski definition) is 3. The summed E-state index contributed by atoms with van der Waals surface area (Å²) in [7, 11) is 0. The molecular weight excluding hydrogens is 252 g/mol. The number of nitrogens with zero attached hydrogens (tertiary/aromatic N) is 1. The lowest BCUT2D eigenvalue weighted by atomic mass is 9.80. The van der Waals surface area contributed by atoms with Gasteiger partial charge in [-0.3, -0.25) is 4.79 Å². The van der Waals surface area contributed by atoms with E-state index in [2.05, 4.69) is 0 Å². The number of hydrogen-bond donors (Lipinski definition) is 1. The van der Waals surface area contributed by atoms with Gasteiger partial charge in [0.2, 0.25) is 5.91 Å². The zero-order valence-electron chi connectivity index (χ0n) is 12.9. The molecule has 4 nitrogen and oxygen atoms in total. The minimum Gasteiger partial charge on any atom is -0.378 e. The number of likely N-dealkylation sites (tertiary alicyclic amines) is 1. The van der Waals surface area contributed by atoms with E-state index in [1.165, 1.54) is 25.7 Å². The van der Waals surface area contributed by atoms with Crippen molar-refractivity contribution >= 4 is 5.91 Å². The van der Waals surface area contributed by atoms with Crippen LogP contribution >= 0.6 is 0 Å². The SMILES string of the molecule is CCOC1CCN(C(=O)CC2CCC(CN)CC2)CC1. The molecule has 1 saturated heterocycles. The van der Waals surface area contributed by atoms with Crippen LogP contribution in [0.2, 0.25) is 0 Å². The molecule has 1 saturated carbocycles. The zero-order valence-corrected chi connectivity index (χ0v) is 12.9. The number of carbonyl (C=O) groups excluding carboxylic acids is 1. The molecule has 116 valence electrons. The Kier molecular flexibility index (Phi) is 6.30. The van der Waals surface area contributed by atoms with Crippen LogP contribution in [0.4, 0.5) is 0 Å². The molecule has 1 aliphatic carbocycles. The third-order valence-corrected chi connectivity index (χ3v) is 4.96. The van der Waals surface area contributed by atoms with Gasteiger partial charge in [0.1, 0.15) is 0 Å². The molecule has 0 radical (unpaired) electrons. The Morgan fingerprint density at radius 1 is 1.10 bits per heavy atom. The highest BCUT2D eigenvalue weighted by molar-refractivity contribution is 5.76. The summed E-state index contributed by atoms with van der Waals surface area (Å²) in [5.74, 6) is 1.65. The molecule has 20 heavy (non-hydrogen) atoms. The molecular formula is C16H30N2O2. The lowest BCUT2D eigenvalue weighted by Gasteiger charge is -2.34. The van der Waals surface area contributed by atoms with Gasteiger partial charge in [0, 0.05) is 26.1 Å². The van der Waals surface area contributed by atoms with Crippen LogP contribution in [0, 0.1) is 11.8 Å². The van der Waals surface area contributed by atoms with E-state index in [-0.39, 0.29) is 0 Å². The predicted molar refractivity (Wildman–Crippen MR) is 80.3 cm³/mol. The lowest BCUT2D eigenvalue weighted by Crippen LogP contribution is -2.41. The molecule has 0 unspecified atom stereocenters. The first-order chi connectivity index (χ1) is 9.72.